The number of ether oxygens (including phenoxy) is 1. The third-order valence-electron chi connectivity index (χ3n) is 4.23. The summed E-state index contributed by atoms with van der Waals surface area (Å²) in [6, 6.07) is 4.27. The molecule has 2 rings (SSSR count). The molecule has 1 heterocycles. The molecule has 0 spiro atoms. The van der Waals surface area contributed by atoms with Gasteiger partial charge in [0.2, 0.25) is 0 Å². The molecule has 3 atom stereocenters. The van der Waals surface area contributed by atoms with Crippen molar-refractivity contribution in [3.8, 4) is 0 Å². The van der Waals surface area contributed by atoms with Gasteiger partial charge in [-0.05, 0) is 58.2 Å². The summed E-state index contributed by atoms with van der Waals surface area (Å²) in [7, 11) is 0. The Kier molecular flexibility index (Phi) is 5.79. The topological polar surface area (TPSA) is 46.6 Å². The summed E-state index contributed by atoms with van der Waals surface area (Å²) in [6.45, 7) is 5.52. The van der Waals surface area contributed by atoms with E-state index >= 15 is 0 Å². The number of carbonyl (C=O) groups is 2. The number of hydrogen-bond donors (Lipinski definition) is 0. The maximum atomic E-state index is 13.7. The fraction of sp³-hybridized carbons (Fsp3) is 0.529. The second kappa shape index (κ2) is 7.43. The van der Waals surface area contributed by atoms with Crippen molar-refractivity contribution in [1.29, 1.82) is 0 Å². The Morgan fingerprint density at radius 3 is 2.52 bits per heavy atom. The zero-order chi connectivity index (χ0) is 17.1. The average Bonchev–Trinajstić information content (AvgIpc) is 2.49. The van der Waals surface area contributed by atoms with E-state index in [1.165, 1.54) is 25.1 Å². The molecule has 0 aromatic heterocycles. The zero-order valence-corrected chi connectivity index (χ0v) is 15.1. The van der Waals surface area contributed by atoms with Gasteiger partial charge < -0.3 is 9.64 Å². The van der Waals surface area contributed by atoms with E-state index in [1.54, 1.807) is 4.90 Å². The lowest BCUT2D eigenvalue weighted by Crippen LogP contribution is -2.51. The molecule has 4 nitrogen and oxygen atoms in total. The van der Waals surface area contributed by atoms with Crippen LogP contribution in [0.5, 0.6) is 0 Å². The molecule has 23 heavy (non-hydrogen) atoms. The molecule has 126 valence electrons. The molecule has 1 aliphatic heterocycles. The Labute approximate surface area is 144 Å². The molecule has 1 aliphatic rings. The first-order valence-electron chi connectivity index (χ1n) is 7.79. The lowest BCUT2D eigenvalue weighted by molar-refractivity contribution is -0.146. The van der Waals surface area contributed by atoms with Crippen LogP contribution in [-0.2, 0) is 9.53 Å². The minimum Gasteiger partial charge on any atom is -0.449 e. The standard InChI is InChI=1S/C17H21BrFNO3/c1-10-5-4-6-11(2)20(10)16(21)12(3)23-17(22)14-9-13(18)7-8-15(14)19/h7-12H,4-6H2,1-3H3/t10-,11-,12-/m0/s1. The van der Waals surface area contributed by atoms with Gasteiger partial charge in [-0.15, -0.1) is 0 Å². The highest BCUT2D eigenvalue weighted by molar-refractivity contribution is 9.10. The molecule has 0 unspecified atom stereocenters. The molecule has 0 N–H and O–H groups in total. The molecule has 0 aliphatic carbocycles. The first kappa shape index (κ1) is 17.9. The number of benzene rings is 1. The SMILES string of the molecule is C[C@H](OC(=O)c1cc(Br)ccc1F)C(=O)N1[C@@H](C)CCC[C@@H]1C. The summed E-state index contributed by atoms with van der Waals surface area (Å²) in [5.74, 6) is -1.73. The zero-order valence-electron chi connectivity index (χ0n) is 13.5. The van der Waals surface area contributed by atoms with Crippen LogP contribution in [0.2, 0.25) is 0 Å². The van der Waals surface area contributed by atoms with Crippen molar-refractivity contribution in [2.24, 2.45) is 0 Å². The lowest BCUT2D eigenvalue weighted by atomic mass is 9.97. The van der Waals surface area contributed by atoms with Crippen LogP contribution in [0.15, 0.2) is 22.7 Å². The summed E-state index contributed by atoms with van der Waals surface area (Å²) in [5, 5.41) is 0. The highest BCUT2D eigenvalue weighted by atomic mass is 79.9. The van der Waals surface area contributed by atoms with Gasteiger partial charge in [0.15, 0.2) is 6.10 Å². The summed E-state index contributed by atoms with van der Waals surface area (Å²) < 4.78 is 19.5. The van der Waals surface area contributed by atoms with E-state index < -0.39 is 17.9 Å². The molecular weight excluding hydrogens is 365 g/mol. The van der Waals surface area contributed by atoms with Gasteiger partial charge in [-0.3, -0.25) is 4.79 Å². The van der Waals surface area contributed by atoms with E-state index in [0.29, 0.717) is 4.47 Å². The normalized spacial score (nSPS) is 22.6. The smallest absolute Gasteiger partial charge is 0.341 e. The van der Waals surface area contributed by atoms with Crippen molar-refractivity contribution in [2.45, 2.75) is 58.2 Å². The second-order valence-electron chi connectivity index (χ2n) is 6.05. The second-order valence-corrected chi connectivity index (χ2v) is 6.96. The summed E-state index contributed by atoms with van der Waals surface area (Å²) in [5.41, 5.74) is -0.182. The molecule has 1 amide bonds. The predicted octanol–water partition coefficient (Wildman–Crippen LogP) is 3.92. The van der Waals surface area contributed by atoms with Crippen LogP contribution in [0, 0.1) is 5.82 Å². The largest absolute Gasteiger partial charge is 0.449 e. The Morgan fingerprint density at radius 1 is 1.30 bits per heavy atom. The average molecular weight is 386 g/mol. The monoisotopic (exact) mass is 385 g/mol. The lowest BCUT2D eigenvalue weighted by Gasteiger charge is -2.40. The highest BCUT2D eigenvalue weighted by Crippen LogP contribution is 2.24. The first-order valence-corrected chi connectivity index (χ1v) is 8.58. The molecule has 1 fully saturated rings. The Morgan fingerprint density at radius 2 is 1.91 bits per heavy atom. The Balaban J connectivity index is 2.08. The molecule has 1 saturated heterocycles. The van der Waals surface area contributed by atoms with Crippen molar-refractivity contribution in [1.82, 2.24) is 4.90 Å². The number of esters is 1. The van der Waals surface area contributed by atoms with Crippen LogP contribution in [0.3, 0.4) is 0 Å². The van der Waals surface area contributed by atoms with Gasteiger partial charge in [0.05, 0.1) is 5.56 Å². The van der Waals surface area contributed by atoms with E-state index in [0.717, 1.165) is 19.3 Å². The van der Waals surface area contributed by atoms with Gasteiger partial charge in [-0.1, -0.05) is 15.9 Å². The van der Waals surface area contributed by atoms with E-state index in [9.17, 15) is 14.0 Å². The predicted molar refractivity (Wildman–Crippen MR) is 88.6 cm³/mol. The van der Waals surface area contributed by atoms with Gasteiger partial charge in [-0.25, -0.2) is 9.18 Å². The minimum absolute atomic E-state index is 0.120. The van der Waals surface area contributed by atoms with Crippen molar-refractivity contribution < 1.29 is 18.7 Å². The summed E-state index contributed by atoms with van der Waals surface area (Å²) in [6.07, 6.45) is 2.03. The number of piperidine rings is 1. The fourth-order valence-electron chi connectivity index (χ4n) is 2.99. The minimum atomic E-state index is -0.941. The van der Waals surface area contributed by atoms with Crippen LogP contribution in [0.25, 0.3) is 0 Å². The Bertz CT molecular complexity index is 598. The van der Waals surface area contributed by atoms with E-state index in [4.69, 9.17) is 4.74 Å². The van der Waals surface area contributed by atoms with Crippen LogP contribution in [-0.4, -0.2) is 35.0 Å². The number of likely N-dealkylation sites (tertiary alicyclic amines) is 1. The van der Waals surface area contributed by atoms with Gasteiger partial charge in [0.25, 0.3) is 5.91 Å². The number of nitrogens with zero attached hydrogens (tertiary/aromatic N) is 1. The number of carbonyl (C=O) groups excluding carboxylic acids is 2. The Hall–Kier alpha value is -1.43. The van der Waals surface area contributed by atoms with Crippen molar-refractivity contribution in [3.05, 3.63) is 34.1 Å². The molecule has 0 radical (unpaired) electrons. The van der Waals surface area contributed by atoms with Gasteiger partial charge >= 0.3 is 5.97 Å². The van der Waals surface area contributed by atoms with E-state index in [1.807, 2.05) is 13.8 Å². The molecule has 1 aromatic rings. The van der Waals surface area contributed by atoms with Crippen molar-refractivity contribution in [3.63, 3.8) is 0 Å². The highest BCUT2D eigenvalue weighted by Gasteiger charge is 2.33. The van der Waals surface area contributed by atoms with Crippen LogP contribution < -0.4 is 0 Å². The van der Waals surface area contributed by atoms with E-state index in [-0.39, 0.29) is 23.6 Å². The molecule has 6 heteroatoms. The summed E-state index contributed by atoms with van der Waals surface area (Å²) >= 11 is 3.19. The number of amides is 1. The number of halogens is 2. The molecule has 0 saturated carbocycles. The van der Waals surface area contributed by atoms with Crippen LogP contribution >= 0.6 is 15.9 Å². The molecule has 1 aromatic carbocycles. The first-order chi connectivity index (χ1) is 10.8. The van der Waals surface area contributed by atoms with Crippen LogP contribution in [0.4, 0.5) is 4.39 Å². The van der Waals surface area contributed by atoms with Gasteiger partial charge in [0.1, 0.15) is 5.82 Å². The molecule has 0 bridgehead atoms. The van der Waals surface area contributed by atoms with Crippen molar-refractivity contribution >= 4 is 27.8 Å². The number of rotatable bonds is 3. The van der Waals surface area contributed by atoms with E-state index in [2.05, 4.69) is 15.9 Å². The van der Waals surface area contributed by atoms with Crippen LogP contribution in [0.1, 0.15) is 50.4 Å². The quantitative estimate of drug-likeness (QED) is 0.740. The van der Waals surface area contributed by atoms with Crippen molar-refractivity contribution in [2.75, 3.05) is 0 Å². The summed E-state index contributed by atoms with van der Waals surface area (Å²) in [4.78, 5) is 26.5. The maximum absolute atomic E-state index is 13.7. The fourth-order valence-corrected chi connectivity index (χ4v) is 3.36. The third-order valence-corrected chi connectivity index (χ3v) is 4.72. The third kappa shape index (κ3) is 4.10. The number of hydrogen-bond acceptors (Lipinski definition) is 3. The maximum Gasteiger partial charge on any atom is 0.341 e. The molecular formula is C17H21BrFNO3. The van der Waals surface area contributed by atoms with Gasteiger partial charge in [-0.2, -0.15) is 0 Å². The van der Waals surface area contributed by atoms with Gasteiger partial charge in [0, 0.05) is 16.6 Å².